The monoisotopic (exact) mass is 281 g/mol. The van der Waals surface area contributed by atoms with Crippen molar-refractivity contribution >= 4 is 21.8 Å². The molecule has 0 aliphatic heterocycles. The minimum Gasteiger partial charge on any atom is -0.507 e. The lowest BCUT2D eigenvalue weighted by Crippen LogP contribution is -2.33. The van der Waals surface area contributed by atoms with Crippen LogP contribution in [0.25, 0.3) is 0 Å². The Morgan fingerprint density at radius 2 is 2.38 bits per heavy atom. The maximum atomic E-state index is 11.7. The van der Waals surface area contributed by atoms with Gasteiger partial charge in [0.1, 0.15) is 5.75 Å². The van der Waals surface area contributed by atoms with Gasteiger partial charge in [0.25, 0.3) is 5.91 Å². The van der Waals surface area contributed by atoms with Gasteiger partial charge in [0.15, 0.2) is 0 Å². The number of phenolic OH excluding ortho intramolecular Hbond substituents is 1. The molecule has 16 heavy (non-hydrogen) atoms. The van der Waals surface area contributed by atoms with Crippen molar-refractivity contribution < 1.29 is 9.90 Å². The van der Waals surface area contributed by atoms with E-state index in [0.717, 1.165) is 0 Å². The number of carbonyl (C=O) groups is 1. The first-order chi connectivity index (χ1) is 7.58. The van der Waals surface area contributed by atoms with E-state index >= 15 is 0 Å². The molecule has 0 saturated carbocycles. The number of amides is 1. The molecule has 1 aromatic rings. The Bertz CT molecular complexity index is 437. The number of nitrogens with one attached hydrogen (secondary N) is 1. The molecule has 1 rings (SSSR count). The molecule has 0 spiro atoms. The van der Waals surface area contributed by atoms with Crippen LogP contribution in [-0.2, 0) is 0 Å². The highest BCUT2D eigenvalue weighted by atomic mass is 79.9. The highest BCUT2D eigenvalue weighted by molar-refractivity contribution is 9.10. The van der Waals surface area contributed by atoms with E-state index in [1.807, 2.05) is 6.92 Å². The van der Waals surface area contributed by atoms with Crippen LogP contribution in [0.5, 0.6) is 5.75 Å². The van der Waals surface area contributed by atoms with E-state index in [1.54, 1.807) is 6.07 Å². The first-order valence-electron chi connectivity index (χ1n) is 4.84. The van der Waals surface area contributed by atoms with E-state index in [9.17, 15) is 9.90 Å². The zero-order valence-corrected chi connectivity index (χ0v) is 10.4. The van der Waals surface area contributed by atoms with E-state index in [2.05, 4.69) is 27.2 Å². The molecule has 1 unspecified atom stereocenters. The van der Waals surface area contributed by atoms with Crippen molar-refractivity contribution in [1.82, 2.24) is 5.32 Å². The van der Waals surface area contributed by atoms with Crippen LogP contribution in [0.3, 0.4) is 0 Å². The quantitative estimate of drug-likeness (QED) is 0.836. The summed E-state index contributed by atoms with van der Waals surface area (Å²) in [6, 6.07) is 4.38. The molecule has 1 amide bonds. The van der Waals surface area contributed by atoms with Crippen LogP contribution in [0.4, 0.5) is 0 Å². The predicted octanol–water partition coefficient (Wildman–Crippen LogP) is 2.30. The fraction of sp³-hybridized carbons (Fsp3) is 0.250. The van der Waals surface area contributed by atoms with Crippen molar-refractivity contribution in [2.75, 3.05) is 0 Å². The van der Waals surface area contributed by atoms with Gasteiger partial charge in [0, 0.05) is 4.47 Å². The molecule has 0 aliphatic carbocycles. The van der Waals surface area contributed by atoms with Gasteiger partial charge < -0.3 is 10.4 Å². The zero-order valence-electron chi connectivity index (χ0n) is 8.83. The van der Waals surface area contributed by atoms with Gasteiger partial charge in [-0.3, -0.25) is 4.79 Å². The molecule has 0 aliphatic rings. The van der Waals surface area contributed by atoms with Gasteiger partial charge in [0.2, 0.25) is 0 Å². The molecular formula is C12H12BrNO2. The Hall–Kier alpha value is -1.47. The maximum absolute atomic E-state index is 11.7. The molecule has 0 saturated heterocycles. The normalized spacial score (nSPS) is 11.6. The molecule has 2 N–H and O–H groups in total. The predicted molar refractivity (Wildman–Crippen MR) is 66.2 cm³/mol. The van der Waals surface area contributed by atoms with Crippen LogP contribution in [0.2, 0.25) is 0 Å². The summed E-state index contributed by atoms with van der Waals surface area (Å²) in [6.45, 7) is 1.88. The van der Waals surface area contributed by atoms with Gasteiger partial charge in [0.05, 0.1) is 11.6 Å². The van der Waals surface area contributed by atoms with Gasteiger partial charge in [-0.1, -0.05) is 28.8 Å². The Morgan fingerprint density at radius 3 is 2.88 bits per heavy atom. The third-order valence-corrected chi connectivity index (χ3v) is 2.61. The largest absolute Gasteiger partial charge is 0.507 e. The van der Waals surface area contributed by atoms with Gasteiger partial charge in [-0.25, -0.2) is 0 Å². The summed E-state index contributed by atoms with van der Waals surface area (Å²) in [7, 11) is 0. The third-order valence-electron chi connectivity index (χ3n) is 2.12. The minimum absolute atomic E-state index is 0.0706. The standard InChI is InChI=1S/C12H12BrNO2/c1-3-9(4-2)14-12(16)10-6-5-8(13)7-11(10)15/h1,5-7,9,15H,4H2,2H3,(H,14,16). The second kappa shape index (κ2) is 5.57. The number of carbonyl (C=O) groups excluding carboxylic acids is 1. The van der Waals surface area contributed by atoms with Gasteiger partial charge >= 0.3 is 0 Å². The molecule has 0 fully saturated rings. The van der Waals surface area contributed by atoms with Crippen LogP contribution in [0, 0.1) is 12.3 Å². The van der Waals surface area contributed by atoms with Crippen LogP contribution >= 0.6 is 15.9 Å². The molecule has 1 atom stereocenters. The summed E-state index contributed by atoms with van der Waals surface area (Å²) in [5.41, 5.74) is 0.219. The average Bonchev–Trinajstić information content (AvgIpc) is 2.25. The lowest BCUT2D eigenvalue weighted by Gasteiger charge is -2.11. The van der Waals surface area contributed by atoms with Gasteiger partial charge in [-0.05, 0) is 24.6 Å². The van der Waals surface area contributed by atoms with E-state index in [-0.39, 0.29) is 23.3 Å². The van der Waals surface area contributed by atoms with Crippen LogP contribution in [-0.4, -0.2) is 17.1 Å². The third kappa shape index (κ3) is 3.01. The second-order valence-corrected chi connectivity index (χ2v) is 4.18. The molecule has 0 heterocycles. The number of hydrogen-bond acceptors (Lipinski definition) is 2. The lowest BCUT2D eigenvalue weighted by molar-refractivity contribution is 0.0942. The number of phenols is 1. The van der Waals surface area contributed by atoms with E-state index in [1.165, 1.54) is 12.1 Å². The zero-order chi connectivity index (χ0) is 12.1. The summed E-state index contributed by atoms with van der Waals surface area (Å²) in [4.78, 5) is 11.7. The number of hydrogen-bond donors (Lipinski definition) is 2. The first-order valence-corrected chi connectivity index (χ1v) is 5.63. The smallest absolute Gasteiger partial charge is 0.256 e. The van der Waals surface area contributed by atoms with Crippen LogP contribution in [0.1, 0.15) is 23.7 Å². The van der Waals surface area contributed by atoms with Gasteiger partial charge in [-0.15, -0.1) is 6.42 Å². The Morgan fingerprint density at radius 1 is 1.69 bits per heavy atom. The number of halogens is 1. The van der Waals surface area contributed by atoms with E-state index < -0.39 is 0 Å². The van der Waals surface area contributed by atoms with Crippen molar-refractivity contribution in [3.8, 4) is 18.1 Å². The first kappa shape index (κ1) is 12.6. The van der Waals surface area contributed by atoms with Crippen molar-refractivity contribution in [2.24, 2.45) is 0 Å². The fourth-order valence-electron chi connectivity index (χ4n) is 1.19. The molecule has 0 radical (unpaired) electrons. The van der Waals surface area contributed by atoms with Crippen molar-refractivity contribution in [3.05, 3.63) is 28.2 Å². The Labute approximate surface area is 103 Å². The maximum Gasteiger partial charge on any atom is 0.256 e. The molecule has 84 valence electrons. The molecule has 3 nitrogen and oxygen atoms in total. The Balaban J connectivity index is 2.85. The summed E-state index contributed by atoms with van der Waals surface area (Å²) >= 11 is 3.20. The molecule has 1 aromatic carbocycles. The van der Waals surface area contributed by atoms with Crippen molar-refractivity contribution in [3.63, 3.8) is 0 Å². The van der Waals surface area contributed by atoms with Crippen molar-refractivity contribution in [1.29, 1.82) is 0 Å². The number of aromatic hydroxyl groups is 1. The average molecular weight is 282 g/mol. The summed E-state index contributed by atoms with van der Waals surface area (Å²) in [5.74, 6) is 2.02. The van der Waals surface area contributed by atoms with Crippen molar-refractivity contribution in [2.45, 2.75) is 19.4 Å². The topological polar surface area (TPSA) is 49.3 Å². The highest BCUT2D eigenvalue weighted by Gasteiger charge is 2.13. The SMILES string of the molecule is C#CC(CC)NC(=O)c1ccc(Br)cc1O. The summed E-state index contributed by atoms with van der Waals surface area (Å²) < 4.78 is 0.713. The number of rotatable bonds is 3. The van der Waals surface area contributed by atoms with Crippen LogP contribution < -0.4 is 5.32 Å². The van der Waals surface area contributed by atoms with E-state index in [0.29, 0.717) is 10.9 Å². The molecular weight excluding hydrogens is 270 g/mol. The second-order valence-electron chi connectivity index (χ2n) is 3.26. The molecule has 0 aromatic heterocycles. The minimum atomic E-state index is -0.366. The van der Waals surface area contributed by atoms with E-state index in [4.69, 9.17) is 6.42 Å². The van der Waals surface area contributed by atoms with Gasteiger partial charge in [-0.2, -0.15) is 0 Å². The Kier molecular flexibility index (Phi) is 4.39. The fourth-order valence-corrected chi connectivity index (χ4v) is 1.54. The van der Waals surface area contributed by atoms with Crippen LogP contribution in [0.15, 0.2) is 22.7 Å². The summed E-state index contributed by atoms with van der Waals surface area (Å²) in [5, 5.41) is 12.2. The summed E-state index contributed by atoms with van der Waals surface area (Å²) in [6.07, 6.45) is 5.89. The highest BCUT2D eigenvalue weighted by Crippen LogP contribution is 2.22. The molecule has 4 heteroatoms. The molecule has 0 bridgehead atoms. The lowest BCUT2D eigenvalue weighted by atomic mass is 10.1. The number of benzene rings is 1. The number of terminal acetylenes is 1.